The van der Waals surface area contributed by atoms with Crippen molar-refractivity contribution in [2.75, 3.05) is 6.54 Å². The third-order valence-corrected chi connectivity index (χ3v) is 2.23. The third-order valence-electron chi connectivity index (χ3n) is 2.23. The summed E-state index contributed by atoms with van der Waals surface area (Å²) < 4.78 is 10.6. The number of esters is 1. The first-order valence-electron chi connectivity index (χ1n) is 6.39. The molecule has 1 atom stereocenters. The van der Waals surface area contributed by atoms with Gasteiger partial charge in [-0.2, -0.15) is 0 Å². The maximum absolute atomic E-state index is 12.0. The Morgan fingerprint density at radius 3 is 2.05 bits per heavy atom. The van der Waals surface area contributed by atoms with Crippen LogP contribution in [0.1, 0.15) is 41.5 Å². The normalized spacial score (nSPS) is 19.5. The molecule has 1 aliphatic heterocycles. The molecule has 0 aromatic heterocycles. The lowest BCUT2D eigenvalue weighted by molar-refractivity contribution is -0.158. The fraction of sp³-hybridized carbons (Fsp3) is 0.714. The van der Waals surface area contributed by atoms with Crippen LogP contribution < -0.4 is 0 Å². The molecule has 1 amide bonds. The van der Waals surface area contributed by atoms with Gasteiger partial charge in [-0.3, -0.25) is 4.90 Å². The molecule has 0 aromatic rings. The summed E-state index contributed by atoms with van der Waals surface area (Å²) in [6, 6.07) is -0.700. The monoisotopic (exact) mass is 269 g/mol. The third kappa shape index (κ3) is 4.93. The molecule has 0 N–H and O–H groups in total. The Morgan fingerprint density at radius 1 is 1.05 bits per heavy atom. The number of carbonyl (C=O) groups excluding carboxylic acids is 2. The smallest absolute Gasteiger partial charge is 0.411 e. The lowest BCUT2D eigenvalue weighted by Crippen LogP contribution is -2.45. The van der Waals surface area contributed by atoms with Crippen LogP contribution in [0.4, 0.5) is 4.79 Å². The maximum Gasteiger partial charge on any atom is 0.411 e. The Bertz CT molecular complexity index is 387. The molecule has 0 fully saturated rings. The molecule has 5 nitrogen and oxygen atoms in total. The van der Waals surface area contributed by atoms with Gasteiger partial charge in [0.2, 0.25) is 0 Å². The molecule has 0 unspecified atom stereocenters. The maximum atomic E-state index is 12.0. The van der Waals surface area contributed by atoms with Crippen molar-refractivity contribution in [3.05, 3.63) is 12.2 Å². The van der Waals surface area contributed by atoms with E-state index in [0.29, 0.717) is 6.54 Å². The van der Waals surface area contributed by atoms with Gasteiger partial charge in [0, 0.05) is 6.54 Å². The lowest BCUT2D eigenvalue weighted by atomic mass is 10.2. The largest absolute Gasteiger partial charge is 0.458 e. The molecule has 1 rings (SSSR count). The van der Waals surface area contributed by atoms with Crippen LogP contribution in [0.2, 0.25) is 0 Å². The van der Waals surface area contributed by atoms with Crippen LogP contribution >= 0.6 is 0 Å². The summed E-state index contributed by atoms with van der Waals surface area (Å²) in [6.45, 7) is 11.1. The van der Waals surface area contributed by atoms with Crippen LogP contribution in [0.15, 0.2) is 12.2 Å². The van der Waals surface area contributed by atoms with Crippen LogP contribution in [-0.4, -0.2) is 40.8 Å². The first-order valence-corrected chi connectivity index (χ1v) is 6.39. The zero-order valence-electron chi connectivity index (χ0n) is 12.5. The fourth-order valence-corrected chi connectivity index (χ4v) is 1.60. The standard InChI is InChI=1S/C14H23NO4/c1-13(2,3)18-11(16)10-8-7-9-15(10)12(17)19-14(4,5)6/h7-8,10H,9H2,1-6H3/t10-/m1/s1. The second kappa shape index (κ2) is 5.23. The minimum Gasteiger partial charge on any atom is -0.458 e. The number of nitrogens with zero attached hydrogens (tertiary/aromatic N) is 1. The number of hydrogen-bond acceptors (Lipinski definition) is 4. The summed E-state index contributed by atoms with van der Waals surface area (Å²) in [6.07, 6.45) is 2.92. The molecule has 0 saturated carbocycles. The van der Waals surface area contributed by atoms with Gasteiger partial charge in [0.15, 0.2) is 6.04 Å². The van der Waals surface area contributed by atoms with E-state index in [1.54, 1.807) is 53.7 Å². The number of amides is 1. The minimum atomic E-state index is -0.700. The minimum absolute atomic E-state index is 0.360. The summed E-state index contributed by atoms with van der Waals surface area (Å²) in [5, 5.41) is 0. The van der Waals surface area contributed by atoms with E-state index in [0.717, 1.165) is 0 Å². The summed E-state index contributed by atoms with van der Waals surface area (Å²) >= 11 is 0. The van der Waals surface area contributed by atoms with Crippen molar-refractivity contribution >= 4 is 12.1 Å². The van der Waals surface area contributed by atoms with E-state index < -0.39 is 29.3 Å². The van der Waals surface area contributed by atoms with Crippen LogP contribution in [0.5, 0.6) is 0 Å². The van der Waals surface area contributed by atoms with E-state index in [4.69, 9.17) is 9.47 Å². The van der Waals surface area contributed by atoms with Gasteiger partial charge in [-0.25, -0.2) is 9.59 Å². The molecule has 19 heavy (non-hydrogen) atoms. The highest BCUT2D eigenvalue weighted by atomic mass is 16.6. The van der Waals surface area contributed by atoms with Gasteiger partial charge >= 0.3 is 12.1 Å². The van der Waals surface area contributed by atoms with Crippen molar-refractivity contribution in [1.29, 1.82) is 0 Å². The molecule has 0 bridgehead atoms. The van der Waals surface area contributed by atoms with Gasteiger partial charge in [0.25, 0.3) is 0 Å². The second-order valence-electron chi connectivity index (χ2n) is 6.54. The highest BCUT2D eigenvalue weighted by Gasteiger charge is 2.36. The van der Waals surface area contributed by atoms with Crippen molar-refractivity contribution in [3.8, 4) is 0 Å². The van der Waals surface area contributed by atoms with Crippen molar-refractivity contribution in [1.82, 2.24) is 4.90 Å². The van der Waals surface area contributed by atoms with E-state index in [-0.39, 0.29) is 0 Å². The van der Waals surface area contributed by atoms with Gasteiger partial charge in [-0.05, 0) is 41.5 Å². The Hall–Kier alpha value is -1.52. The molecule has 0 saturated heterocycles. The van der Waals surface area contributed by atoms with Gasteiger partial charge in [-0.15, -0.1) is 0 Å². The Morgan fingerprint density at radius 2 is 1.58 bits per heavy atom. The van der Waals surface area contributed by atoms with Crippen molar-refractivity contribution in [2.24, 2.45) is 0 Å². The summed E-state index contributed by atoms with van der Waals surface area (Å²) in [7, 11) is 0. The second-order valence-corrected chi connectivity index (χ2v) is 6.54. The Balaban J connectivity index is 2.71. The average Bonchev–Trinajstić information content (AvgIpc) is 2.59. The van der Waals surface area contributed by atoms with Gasteiger partial charge in [-0.1, -0.05) is 12.2 Å². The molecule has 1 aliphatic rings. The predicted octanol–water partition coefficient (Wildman–Crippen LogP) is 2.50. The number of rotatable bonds is 1. The topological polar surface area (TPSA) is 55.8 Å². The molecular weight excluding hydrogens is 246 g/mol. The summed E-state index contributed by atoms with van der Waals surface area (Å²) in [5.41, 5.74) is -1.16. The summed E-state index contributed by atoms with van der Waals surface area (Å²) in [4.78, 5) is 25.4. The molecule has 1 heterocycles. The molecule has 0 spiro atoms. The zero-order chi connectivity index (χ0) is 14.8. The van der Waals surface area contributed by atoms with Crippen molar-refractivity contribution < 1.29 is 19.1 Å². The van der Waals surface area contributed by atoms with Crippen molar-refractivity contribution in [2.45, 2.75) is 58.8 Å². The predicted molar refractivity (Wildman–Crippen MR) is 71.7 cm³/mol. The van der Waals surface area contributed by atoms with Gasteiger partial charge in [0.05, 0.1) is 0 Å². The molecule has 0 radical (unpaired) electrons. The van der Waals surface area contributed by atoms with E-state index >= 15 is 0 Å². The first-order chi connectivity index (χ1) is 8.49. The molecule has 0 aromatic carbocycles. The lowest BCUT2D eigenvalue weighted by Gasteiger charge is -2.29. The van der Waals surface area contributed by atoms with Crippen LogP contribution in [0.3, 0.4) is 0 Å². The average molecular weight is 269 g/mol. The highest BCUT2D eigenvalue weighted by Crippen LogP contribution is 2.19. The first kappa shape index (κ1) is 15.5. The Labute approximate surface area is 114 Å². The van der Waals surface area contributed by atoms with Crippen LogP contribution in [0, 0.1) is 0 Å². The SMILES string of the molecule is CC(C)(C)OC(=O)[C@H]1C=CCN1C(=O)OC(C)(C)C. The van der Waals surface area contributed by atoms with E-state index in [1.807, 2.05) is 0 Å². The van der Waals surface area contributed by atoms with Crippen molar-refractivity contribution in [3.63, 3.8) is 0 Å². The quantitative estimate of drug-likeness (QED) is 0.542. The van der Waals surface area contributed by atoms with E-state index in [2.05, 4.69) is 0 Å². The number of hydrogen-bond donors (Lipinski definition) is 0. The van der Waals surface area contributed by atoms with Gasteiger partial charge in [0.1, 0.15) is 11.2 Å². The van der Waals surface area contributed by atoms with Gasteiger partial charge < -0.3 is 9.47 Å². The summed E-state index contributed by atoms with van der Waals surface area (Å²) in [5.74, 6) is -0.438. The zero-order valence-corrected chi connectivity index (χ0v) is 12.5. The van der Waals surface area contributed by atoms with E-state index in [9.17, 15) is 9.59 Å². The van der Waals surface area contributed by atoms with Crippen LogP contribution in [-0.2, 0) is 14.3 Å². The van der Waals surface area contributed by atoms with E-state index in [1.165, 1.54) is 4.90 Å². The Kier molecular flexibility index (Phi) is 4.28. The highest BCUT2D eigenvalue weighted by molar-refractivity contribution is 5.84. The molecule has 108 valence electrons. The van der Waals surface area contributed by atoms with Crippen LogP contribution in [0.25, 0.3) is 0 Å². The molecule has 0 aliphatic carbocycles. The number of ether oxygens (including phenoxy) is 2. The number of carbonyl (C=O) groups is 2. The fourth-order valence-electron chi connectivity index (χ4n) is 1.60. The molecular formula is C14H23NO4. The molecule has 5 heteroatoms.